The molecule has 1 N–H and O–H groups in total. The molecule has 0 aliphatic rings. The topological polar surface area (TPSA) is 29.9 Å². The van der Waals surface area contributed by atoms with Gasteiger partial charge in [0.05, 0.1) is 22.4 Å². The van der Waals surface area contributed by atoms with Crippen LogP contribution in [0, 0.1) is 6.92 Å². The van der Waals surface area contributed by atoms with E-state index < -0.39 is 0 Å². The molecule has 0 aliphatic carbocycles. The quantitative estimate of drug-likeness (QED) is 0.834. The van der Waals surface area contributed by atoms with E-state index in [1.165, 1.54) is 11.3 Å². The summed E-state index contributed by atoms with van der Waals surface area (Å²) in [5, 5.41) is 8.80. The summed E-state index contributed by atoms with van der Waals surface area (Å²) >= 11 is 9.71. The van der Waals surface area contributed by atoms with Crippen molar-refractivity contribution in [2.24, 2.45) is 0 Å². The molecule has 0 saturated heterocycles. The van der Waals surface area contributed by atoms with E-state index in [1.807, 2.05) is 22.9 Å². The zero-order chi connectivity index (χ0) is 14.7. The van der Waals surface area contributed by atoms with Gasteiger partial charge in [-0.1, -0.05) is 24.6 Å². The SMILES string of the molecule is CCc1nn(CC)c(CNc2cc(Cl)ccc2C)c1Br. The predicted octanol–water partition coefficient (Wildman–Crippen LogP) is 4.80. The second-order valence-electron chi connectivity index (χ2n) is 4.69. The number of rotatable bonds is 5. The van der Waals surface area contributed by atoms with Gasteiger partial charge >= 0.3 is 0 Å². The van der Waals surface area contributed by atoms with E-state index in [1.54, 1.807) is 0 Å². The van der Waals surface area contributed by atoms with Crippen LogP contribution >= 0.6 is 27.5 Å². The smallest absolute Gasteiger partial charge is 0.0767 e. The van der Waals surface area contributed by atoms with Crippen molar-refractivity contribution in [3.63, 3.8) is 0 Å². The lowest BCUT2D eigenvalue weighted by Crippen LogP contribution is -2.09. The fraction of sp³-hybridized carbons (Fsp3) is 0.400. The van der Waals surface area contributed by atoms with Crippen LogP contribution in [0.4, 0.5) is 5.69 Å². The van der Waals surface area contributed by atoms with E-state index in [2.05, 4.69) is 47.1 Å². The van der Waals surface area contributed by atoms with Crippen molar-refractivity contribution in [3.05, 3.63) is 44.6 Å². The van der Waals surface area contributed by atoms with Crippen LogP contribution in [0.25, 0.3) is 0 Å². The molecule has 20 heavy (non-hydrogen) atoms. The van der Waals surface area contributed by atoms with Crippen molar-refractivity contribution in [1.82, 2.24) is 9.78 Å². The highest BCUT2D eigenvalue weighted by Crippen LogP contribution is 2.25. The third kappa shape index (κ3) is 3.18. The van der Waals surface area contributed by atoms with Crippen molar-refractivity contribution in [2.75, 3.05) is 5.32 Å². The number of hydrogen-bond acceptors (Lipinski definition) is 2. The summed E-state index contributed by atoms with van der Waals surface area (Å²) in [5.41, 5.74) is 4.52. The minimum absolute atomic E-state index is 0.725. The molecule has 0 atom stereocenters. The lowest BCUT2D eigenvalue weighted by atomic mass is 10.2. The van der Waals surface area contributed by atoms with Gasteiger partial charge in [0.15, 0.2) is 0 Å². The van der Waals surface area contributed by atoms with Gasteiger partial charge in [0.25, 0.3) is 0 Å². The Bertz CT molecular complexity index is 607. The first kappa shape index (κ1) is 15.4. The lowest BCUT2D eigenvalue weighted by molar-refractivity contribution is 0.619. The molecule has 108 valence electrons. The summed E-state index contributed by atoms with van der Waals surface area (Å²) in [6.07, 6.45) is 0.927. The lowest BCUT2D eigenvalue weighted by Gasteiger charge is -2.11. The van der Waals surface area contributed by atoms with Gasteiger partial charge in [-0.25, -0.2) is 0 Å². The minimum Gasteiger partial charge on any atom is -0.379 e. The van der Waals surface area contributed by atoms with Crippen LogP contribution in [0.5, 0.6) is 0 Å². The minimum atomic E-state index is 0.725. The van der Waals surface area contributed by atoms with E-state index in [4.69, 9.17) is 11.6 Å². The summed E-state index contributed by atoms with van der Waals surface area (Å²) in [6, 6.07) is 5.88. The molecule has 0 saturated carbocycles. The third-order valence-electron chi connectivity index (χ3n) is 3.34. The molecule has 2 aromatic rings. The molecule has 0 radical (unpaired) electrons. The molecule has 5 heteroatoms. The highest BCUT2D eigenvalue weighted by atomic mass is 79.9. The molecular weight excluding hydrogens is 338 g/mol. The van der Waals surface area contributed by atoms with Gasteiger partial charge in [-0.2, -0.15) is 5.10 Å². The van der Waals surface area contributed by atoms with Gasteiger partial charge in [-0.05, 0) is 53.9 Å². The molecule has 0 bridgehead atoms. The molecule has 0 amide bonds. The number of nitrogens with one attached hydrogen (secondary N) is 1. The number of nitrogens with zero attached hydrogens (tertiary/aromatic N) is 2. The Morgan fingerprint density at radius 3 is 2.75 bits per heavy atom. The number of anilines is 1. The first-order valence-corrected chi connectivity index (χ1v) is 7.98. The number of aryl methyl sites for hydroxylation is 3. The summed E-state index contributed by atoms with van der Waals surface area (Å²) in [4.78, 5) is 0. The summed E-state index contributed by atoms with van der Waals surface area (Å²) in [6.45, 7) is 7.88. The largest absolute Gasteiger partial charge is 0.379 e. The normalized spacial score (nSPS) is 10.8. The zero-order valence-corrected chi connectivity index (χ0v) is 14.3. The molecule has 1 aromatic carbocycles. The van der Waals surface area contributed by atoms with Crippen LogP contribution in [0.3, 0.4) is 0 Å². The number of halogens is 2. The maximum absolute atomic E-state index is 6.05. The molecule has 0 fully saturated rings. The molecule has 2 rings (SSSR count). The van der Waals surface area contributed by atoms with Gasteiger partial charge in [0.2, 0.25) is 0 Å². The molecule has 0 spiro atoms. The molecule has 0 unspecified atom stereocenters. The molecular formula is C15H19BrClN3. The Morgan fingerprint density at radius 1 is 1.35 bits per heavy atom. The van der Waals surface area contributed by atoms with E-state index in [0.29, 0.717) is 0 Å². The van der Waals surface area contributed by atoms with Crippen LogP contribution in [0.15, 0.2) is 22.7 Å². The molecule has 1 aromatic heterocycles. The number of aromatic nitrogens is 2. The van der Waals surface area contributed by atoms with Crippen molar-refractivity contribution in [2.45, 2.75) is 40.3 Å². The Hall–Kier alpha value is -1.000. The Morgan fingerprint density at radius 2 is 2.10 bits per heavy atom. The first-order chi connectivity index (χ1) is 9.56. The maximum atomic E-state index is 6.05. The van der Waals surface area contributed by atoms with Crippen LogP contribution in [-0.4, -0.2) is 9.78 Å². The fourth-order valence-electron chi connectivity index (χ4n) is 2.15. The summed E-state index contributed by atoms with van der Waals surface area (Å²) < 4.78 is 3.14. The second-order valence-corrected chi connectivity index (χ2v) is 5.92. The average molecular weight is 357 g/mol. The van der Waals surface area contributed by atoms with Gasteiger partial charge < -0.3 is 5.32 Å². The molecule has 0 aliphatic heterocycles. The van der Waals surface area contributed by atoms with E-state index in [9.17, 15) is 0 Å². The monoisotopic (exact) mass is 355 g/mol. The van der Waals surface area contributed by atoms with Gasteiger partial charge in [-0.3, -0.25) is 4.68 Å². The van der Waals surface area contributed by atoms with Crippen molar-refractivity contribution >= 4 is 33.2 Å². The summed E-state index contributed by atoms with van der Waals surface area (Å²) in [5.74, 6) is 0. The third-order valence-corrected chi connectivity index (χ3v) is 4.49. The second kappa shape index (κ2) is 6.64. The molecule has 1 heterocycles. The van der Waals surface area contributed by atoms with Crippen LogP contribution in [-0.2, 0) is 19.5 Å². The Labute approximate surface area is 133 Å². The average Bonchev–Trinajstić information content (AvgIpc) is 2.75. The van der Waals surface area contributed by atoms with Gasteiger partial charge in [0, 0.05) is 17.3 Å². The molecule has 3 nitrogen and oxygen atoms in total. The van der Waals surface area contributed by atoms with Crippen molar-refractivity contribution in [3.8, 4) is 0 Å². The van der Waals surface area contributed by atoms with Gasteiger partial charge in [0.1, 0.15) is 0 Å². The predicted molar refractivity (Wildman–Crippen MR) is 88.5 cm³/mol. The van der Waals surface area contributed by atoms with E-state index in [-0.39, 0.29) is 0 Å². The highest BCUT2D eigenvalue weighted by molar-refractivity contribution is 9.10. The van der Waals surface area contributed by atoms with E-state index in [0.717, 1.165) is 40.4 Å². The van der Waals surface area contributed by atoms with Crippen LogP contribution in [0.1, 0.15) is 30.8 Å². The van der Waals surface area contributed by atoms with Crippen LogP contribution in [0.2, 0.25) is 5.02 Å². The Balaban J connectivity index is 2.22. The Kier molecular flexibility index (Phi) is 5.11. The van der Waals surface area contributed by atoms with Crippen molar-refractivity contribution in [1.29, 1.82) is 0 Å². The standard InChI is InChI=1S/C15H19BrClN3/c1-4-12-15(16)14(20(5-2)19-12)9-18-13-8-11(17)7-6-10(13)3/h6-8,18H,4-5,9H2,1-3H3. The number of benzene rings is 1. The van der Waals surface area contributed by atoms with Crippen molar-refractivity contribution < 1.29 is 0 Å². The maximum Gasteiger partial charge on any atom is 0.0767 e. The summed E-state index contributed by atoms with van der Waals surface area (Å²) in [7, 11) is 0. The van der Waals surface area contributed by atoms with E-state index >= 15 is 0 Å². The number of hydrogen-bond donors (Lipinski definition) is 1. The van der Waals surface area contributed by atoms with Gasteiger partial charge in [-0.15, -0.1) is 0 Å². The fourth-order valence-corrected chi connectivity index (χ4v) is 3.03. The zero-order valence-electron chi connectivity index (χ0n) is 12.0. The van der Waals surface area contributed by atoms with Crippen LogP contribution < -0.4 is 5.32 Å². The first-order valence-electron chi connectivity index (χ1n) is 6.80. The highest BCUT2D eigenvalue weighted by Gasteiger charge is 2.13.